The molecule has 0 aliphatic heterocycles. The highest BCUT2D eigenvalue weighted by atomic mass is 16.5. The van der Waals surface area contributed by atoms with Gasteiger partial charge in [0.2, 0.25) is 0 Å². The number of esters is 1. The molecular formula is C28H41NO2. The van der Waals surface area contributed by atoms with E-state index in [1.165, 1.54) is 83.5 Å². The summed E-state index contributed by atoms with van der Waals surface area (Å²) < 4.78 is 5.57. The molecule has 0 radical (unpaired) electrons. The second-order valence-electron chi connectivity index (χ2n) is 10.0. The van der Waals surface area contributed by atoms with Crippen molar-refractivity contribution >= 4 is 5.97 Å². The van der Waals surface area contributed by atoms with Crippen molar-refractivity contribution < 1.29 is 9.53 Å². The molecule has 0 heterocycles. The lowest BCUT2D eigenvalue weighted by Gasteiger charge is -2.37. The predicted molar refractivity (Wildman–Crippen MR) is 126 cm³/mol. The minimum absolute atomic E-state index is 0.0379. The van der Waals surface area contributed by atoms with E-state index in [1.54, 1.807) is 24.3 Å². The normalized spacial score (nSPS) is 26.2. The van der Waals surface area contributed by atoms with Crippen molar-refractivity contribution in [3.63, 3.8) is 0 Å². The largest absolute Gasteiger partial charge is 0.426 e. The quantitative estimate of drug-likeness (QED) is 0.219. The summed E-state index contributed by atoms with van der Waals surface area (Å²) >= 11 is 0. The summed E-state index contributed by atoms with van der Waals surface area (Å²) in [6.45, 7) is 2.29. The first-order valence-electron chi connectivity index (χ1n) is 12.9. The van der Waals surface area contributed by atoms with Crippen LogP contribution in [0.5, 0.6) is 5.75 Å². The Morgan fingerprint density at radius 2 is 1.45 bits per heavy atom. The fraction of sp³-hybridized carbons (Fsp3) is 0.714. The van der Waals surface area contributed by atoms with Crippen LogP contribution < -0.4 is 4.74 Å². The maximum Gasteiger partial charge on any atom is 0.314 e. The van der Waals surface area contributed by atoms with Gasteiger partial charge in [-0.1, -0.05) is 64.7 Å². The highest BCUT2D eigenvalue weighted by molar-refractivity contribution is 5.75. The highest BCUT2D eigenvalue weighted by Gasteiger charge is 2.33. The smallest absolute Gasteiger partial charge is 0.314 e. The third-order valence-electron chi connectivity index (χ3n) is 7.83. The maximum atomic E-state index is 12.5. The number of hydrogen-bond donors (Lipinski definition) is 0. The van der Waals surface area contributed by atoms with Gasteiger partial charge in [0.05, 0.1) is 17.6 Å². The first-order chi connectivity index (χ1) is 15.2. The molecule has 1 aromatic rings. The molecule has 3 rings (SSSR count). The molecule has 2 aliphatic rings. The van der Waals surface area contributed by atoms with Crippen molar-refractivity contribution in [2.24, 2.45) is 23.7 Å². The molecule has 2 aliphatic carbocycles. The number of benzene rings is 1. The number of unbranched alkanes of at least 4 members (excludes halogenated alkanes) is 5. The Bertz CT molecular complexity index is 689. The molecule has 0 N–H and O–H groups in total. The molecule has 0 aromatic heterocycles. The van der Waals surface area contributed by atoms with E-state index in [0.29, 0.717) is 11.3 Å². The number of nitriles is 1. The summed E-state index contributed by atoms with van der Waals surface area (Å²) in [6.07, 6.45) is 19.9. The lowest BCUT2D eigenvalue weighted by atomic mass is 9.68. The molecular weight excluding hydrogens is 382 g/mol. The standard InChI is InChI=1S/C28H41NO2/c1-2-3-4-5-6-7-8-22-9-13-24(14-10-22)25-15-17-26(18-16-25)28(30)31-27-19-11-23(21-29)12-20-27/h11-12,19-20,22,24-26H,2-10,13-18H2,1H3. The first kappa shape index (κ1) is 23.8. The topological polar surface area (TPSA) is 50.1 Å². The SMILES string of the molecule is CCCCCCCCC1CCC(C2CCC(C(=O)Oc3ccc(C#N)cc3)CC2)CC1. The van der Waals surface area contributed by atoms with Gasteiger partial charge in [-0.05, 0) is 80.5 Å². The first-order valence-corrected chi connectivity index (χ1v) is 12.9. The van der Waals surface area contributed by atoms with Gasteiger partial charge in [-0.2, -0.15) is 5.26 Å². The molecule has 0 saturated heterocycles. The van der Waals surface area contributed by atoms with Crippen LogP contribution in [0.3, 0.4) is 0 Å². The molecule has 0 spiro atoms. The predicted octanol–water partition coefficient (Wildman–Crippen LogP) is 7.83. The molecule has 2 saturated carbocycles. The van der Waals surface area contributed by atoms with Crippen LogP contribution in [0.4, 0.5) is 0 Å². The van der Waals surface area contributed by atoms with Crippen molar-refractivity contribution in [3.05, 3.63) is 29.8 Å². The van der Waals surface area contributed by atoms with Crippen LogP contribution in [0.25, 0.3) is 0 Å². The maximum absolute atomic E-state index is 12.5. The van der Waals surface area contributed by atoms with Gasteiger partial charge < -0.3 is 4.74 Å². The fourth-order valence-electron chi connectivity index (χ4n) is 5.78. The third-order valence-corrected chi connectivity index (χ3v) is 7.83. The van der Waals surface area contributed by atoms with E-state index in [-0.39, 0.29) is 11.9 Å². The van der Waals surface area contributed by atoms with Gasteiger partial charge >= 0.3 is 5.97 Å². The Hall–Kier alpha value is -1.82. The van der Waals surface area contributed by atoms with Gasteiger partial charge in [-0.3, -0.25) is 4.79 Å². The number of carbonyl (C=O) groups excluding carboxylic acids is 1. The van der Waals surface area contributed by atoms with Gasteiger partial charge in [-0.15, -0.1) is 0 Å². The second-order valence-corrected chi connectivity index (χ2v) is 10.0. The van der Waals surface area contributed by atoms with Gasteiger partial charge in [0.25, 0.3) is 0 Å². The molecule has 170 valence electrons. The Labute approximate surface area is 189 Å². The third kappa shape index (κ3) is 7.67. The fourth-order valence-corrected chi connectivity index (χ4v) is 5.78. The van der Waals surface area contributed by atoms with Crippen molar-refractivity contribution in [2.75, 3.05) is 0 Å². The molecule has 31 heavy (non-hydrogen) atoms. The summed E-state index contributed by atoms with van der Waals surface area (Å²) in [6, 6.07) is 8.91. The highest BCUT2D eigenvalue weighted by Crippen LogP contribution is 2.42. The zero-order valence-corrected chi connectivity index (χ0v) is 19.5. The molecule has 0 amide bonds. The van der Waals surface area contributed by atoms with E-state index in [1.807, 2.05) is 0 Å². The molecule has 2 fully saturated rings. The number of ether oxygens (including phenoxy) is 1. The van der Waals surface area contributed by atoms with Crippen LogP contribution in [0.2, 0.25) is 0 Å². The Balaban J connectivity index is 1.31. The number of carbonyl (C=O) groups is 1. The Morgan fingerprint density at radius 3 is 2.06 bits per heavy atom. The monoisotopic (exact) mass is 423 g/mol. The lowest BCUT2D eigenvalue weighted by molar-refractivity contribution is -0.140. The van der Waals surface area contributed by atoms with Gasteiger partial charge in [0.1, 0.15) is 5.75 Å². The van der Waals surface area contributed by atoms with Crippen LogP contribution >= 0.6 is 0 Å². The van der Waals surface area contributed by atoms with Crippen LogP contribution in [-0.2, 0) is 4.79 Å². The lowest BCUT2D eigenvalue weighted by Crippen LogP contribution is -2.30. The van der Waals surface area contributed by atoms with Crippen molar-refractivity contribution in [2.45, 2.75) is 103 Å². The van der Waals surface area contributed by atoms with Gasteiger partial charge in [0, 0.05) is 0 Å². The minimum atomic E-state index is -0.0918. The summed E-state index contributed by atoms with van der Waals surface area (Å²) in [5.41, 5.74) is 0.585. The van der Waals surface area contributed by atoms with Crippen LogP contribution in [0.1, 0.15) is 109 Å². The summed E-state index contributed by atoms with van der Waals surface area (Å²) in [4.78, 5) is 12.5. The minimum Gasteiger partial charge on any atom is -0.426 e. The Morgan fingerprint density at radius 1 is 0.871 bits per heavy atom. The summed E-state index contributed by atoms with van der Waals surface area (Å²) in [5.74, 6) is 3.17. The average Bonchev–Trinajstić information content (AvgIpc) is 2.82. The van der Waals surface area contributed by atoms with E-state index in [9.17, 15) is 4.79 Å². The molecule has 3 nitrogen and oxygen atoms in total. The van der Waals surface area contributed by atoms with Gasteiger partial charge in [0.15, 0.2) is 0 Å². The number of nitrogens with zero attached hydrogens (tertiary/aromatic N) is 1. The molecule has 0 bridgehead atoms. The Kier molecular flexibility index (Phi) is 9.91. The molecule has 1 aromatic carbocycles. The van der Waals surface area contributed by atoms with Crippen LogP contribution in [-0.4, -0.2) is 5.97 Å². The van der Waals surface area contributed by atoms with E-state index in [0.717, 1.165) is 30.6 Å². The summed E-state index contributed by atoms with van der Waals surface area (Å²) in [5, 5.41) is 8.88. The van der Waals surface area contributed by atoms with Crippen molar-refractivity contribution in [3.8, 4) is 11.8 Å². The number of rotatable bonds is 10. The molecule has 0 atom stereocenters. The van der Waals surface area contributed by atoms with Gasteiger partial charge in [-0.25, -0.2) is 0 Å². The zero-order valence-electron chi connectivity index (χ0n) is 19.5. The van der Waals surface area contributed by atoms with Crippen LogP contribution in [0, 0.1) is 35.0 Å². The molecule has 3 heteroatoms. The van der Waals surface area contributed by atoms with E-state index in [2.05, 4.69) is 13.0 Å². The van der Waals surface area contributed by atoms with E-state index < -0.39 is 0 Å². The van der Waals surface area contributed by atoms with Crippen LogP contribution in [0.15, 0.2) is 24.3 Å². The van der Waals surface area contributed by atoms with E-state index >= 15 is 0 Å². The number of hydrogen-bond acceptors (Lipinski definition) is 3. The molecule has 0 unspecified atom stereocenters. The van der Waals surface area contributed by atoms with E-state index in [4.69, 9.17) is 10.00 Å². The zero-order chi connectivity index (χ0) is 21.9. The van der Waals surface area contributed by atoms with Crippen molar-refractivity contribution in [1.82, 2.24) is 0 Å². The average molecular weight is 424 g/mol. The second kappa shape index (κ2) is 12.9. The van der Waals surface area contributed by atoms with Crippen molar-refractivity contribution in [1.29, 1.82) is 5.26 Å². The summed E-state index contributed by atoms with van der Waals surface area (Å²) in [7, 11) is 0.